The Morgan fingerprint density at radius 3 is 2.74 bits per heavy atom. The van der Waals surface area contributed by atoms with Crippen LogP contribution in [0.2, 0.25) is 0 Å². The molecule has 2 N–H and O–H groups in total. The molecule has 0 spiro atoms. The van der Waals surface area contributed by atoms with Crippen molar-refractivity contribution < 1.29 is 24.2 Å². The van der Waals surface area contributed by atoms with Crippen LogP contribution in [0.5, 0.6) is 5.75 Å². The summed E-state index contributed by atoms with van der Waals surface area (Å²) in [6.07, 6.45) is 2.24. The van der Waals surface area contributed by atoms with E-state index in [9.17, 15) is 14.7 Å². The Bertz CT molecular complexity index is 1120. The van der Waals surface area contributed by atoms with Gasteiger partial charge in [-0.25, -0.2) is 0 Å². The molecule has 8 heteroatoms. The number of nitrogens with zero attached hydrogens (tertiary/aromatic N) is 2. The first-order valence-electron chi connectivity index (χ1n) is 10.6. The number of allylic oxidation sites excluding steroid dienone is 1. The van der Waals surface area contributed by atoms with E-state index in [0.29, 0.717) is 24.3 Å². The number of hydrogen-bond donors (Lipinski definition) is 2. The van der Waals surface area contributed by atoms with E-state index in [0.717, 1.165) is 28.6 Å². The lowest BCUT2D eigenvalue weighted by atomic mass is 9.82. The SMILES string of the molecule is COc1ccc2c3c([nH]c2c1)[C@@H](C=C(C)C)N1C(=O)[C@@H]2CCCN2C(=O)[C@]1(O)[C@@H]3OC. The number of amides is 2. The number of fused-ring (bicyclic) bond motifs is 5. The highest BCUT2D eigenvalue weighted by Crippen LogP contribution is 2.52. The Morgan fingerprint density at radius 2 is 2.06 bits per heavy atom. The fourth-order valence-electron chi connectivity index (χ4n) is 5.45. The third-order valence-electron chi connectivity index (χ3n) is 6.72. The van der Waals surface area contributed by atoms with E-state index in [1.54, 1.807) is 7.11 Å². The minimum absolute atomic E-state index is 0.244. The highest BCUT2D eigenvalue weighted by molar-refractivity contribution is 6.02. The molecule has 3 aliphatic rings. The van der Waals surface area contributed by atoms with Crippen LogP contribution in [0.3, 0.4) is 0 Å². The maximum atomic E-state index is 13.6. The Labute approximate surface area is 180 Å². The number of hydrogen-bond acceptors (Lipinski definition) is 5. The van der Waals surface area contributed by atoms with Crippen molar-refractivity contribution in [3.8, 4) is 5.75 Å². The fourth-order valence-corrected chi connectivity index (χ4v) is 5.45. The van der Waals surface area contributed by atoms with Gasteiger partial charge in [0.1, 0.15) is 17.9 Å². The first kappa shape index (κ1) is 20.1. The van der Waals surface area contributed by atoms with E-state index in [4.69, 9.17) is 9.47 Å². The summed E-state index contributed by atoms with van der Waals surface area (Å²) in [5.41, 5.74) is 1.08. The predicted molar refractivity (Wildman–Crippen MR) is 113 cm³/mol. The molecular formula is C23H27N3O5. The second-order valence-electron chi connectivity index (χ2n) is 8.76. The van der Waals surface area contributed by atoms with Gasteiger partial charge in [0.25, 0.3) is 11.6 Å². The maximum absolute atomic E-state index is 13.6. The van der Waals surface area contributed by atoms with Gasteiger partial charge in [0, 0.05) is 41.9 Å². The summed E-state index contributed by atoms with van der Waals surface area (Å²) in [5, 5.41) is 12.8. The summed E-state index contributed by atoms with van der Waals surface area (Å²) in [6.45, 7) is 4.34. The van der Waals surface area contributed by atoms with E-state index in [1.807, 2.05) is 38.1 Å². The van der Waals surface area contributed by atoms with Crippen LogP contribution in [0.15, 0.2) is 29.8 Å². The Morgan fingerprint density at radius 1 is 1.29 bits per heavy atom. The van der Waals surface area contributed by atoms with Gasteiger partial charge in [-0.3, -0.25) is 14.5 Å². The summed E-state index contributed by atoms with van der Waals surface area (Å²) < 4.78 is 11.1. The molecule has 0 radical (unpaired) electrons. The molecule has 0 unspecified atom stereocenters. The van der Waals surface area contributed by atoms with Crippen LogP contribution in [0.4, 0.5) is 0 Å². The van der Waals surface area contributed by atoms with E-state index in [1.165, 1.54) is 16.9 Å². The zero-order valence-electron chi connectivity index (χ0n) is 18.1. The molecule has 2 aromatic rings. The van der Waals surface area contributed by atoms with Crippen molar-refractivity contribution in [3.05, 3.63) is 41.1 Å². The third-order valence-corrected chi connectivity index (χ3v) is 6.72. The Balaban J connectivity index is 1.82. The molecule has 31 heavy (non-hydrogen) atoms. The maximum Gasteiger partial charge on any atom is 0.279 e. The number of ether oxygens (including phenoxy) is 2. The standard InChI is InChI=1S/C23H27N3O5/c1-12(2)10-17-19-18(14-8-7-13(30-3)11-15(14)24-19)20(31-4)23(29)22(28)25-9-5-6-16(25)21(27)26(17)23/h7-8,10-11,16-17,20,24,29H,5-6,9H2,1-4H3/t16-,17+,20+,23+/m0/s1. The van der Waals surface area contributed by atoms with E-state index in [2.05, 4.69) is 4.98 Å². The molecule has 164 valence electrons. The molecule has 4 heterocycles. The van der Waals surface area contributed by atoms with Crippen molar-refractivity contribution in [1.29, 1.82) is 0 Å². The average Bonchev–Trinajstić information content (AvgIpc) is 3.37. The Kier molecular flexibility index (Phi) is 4.43. The van der Waals surface area contributed by atoms with E-state index in [-0.39, 0.29) is 5.91 Å². The molecule has 2 saturated heterocycles. The van der Waals surface area contributed by atoms with Crippen molar-refractivity contribution in [2.45, 2.75) is 50.6 Å². The fraction of sp³-hybridized carbons (Fsp3) is 0.478. The van der Waals surface area contributed by atoms with Crippen LogP contribution >= 0.6 is 0 Å². The van der Waals surface area contributed by atoms with E-state index < -0.39 is 29.8 Å². The van der Waals surface area contributed by atoms with Gasteiger partial charge in [-0.2, -0.15) is 0 Å². The quantitative estimate of drug-likeness (QED) is 0.737. The van der Waals surface area contributed by atoms with Gasteiger partial charge in [0.05, 0.1) is 13.2 Å². The molecule has 0 aliphatic carbocycles. The van der Waals surface area contributed by atoms with Crippen LogP contribution in [0.25, 0.3) is 10.9 Å². The molecule has 0 bridgehead atoms. The number of aliphatic hydroxyl groups is 1. The molecule has 1 aromatic carbocycles. The molecule has 8 nitrogen and oxygen atoms in total. The van der Waals surface area contributed by atoms with Crippen molar-refractivity contribution in [1.82, 2.24) is 14.8 Å². The predicted octanol–water partition coefficient (Wildman–Crippen LogP) is 2.41. The highest BCUT2D eigenvalue weighted by atomic mass is 16.5. The minimum Gasteiger partial charge on any atom is -0.497 e. The lowest BCUT2D eigenvalue weighted by Crippen LogP contribution is -2.74. The van der Waals surface area contributed by atoms with Crippen molar-refractivity contribution in [2.75, 3.05) is 20.8 Å². The van der Waals surface area contributed by atoms with Gasteiger partial charge < -0.3 is 24.5 Å². The number of H-pyrrole nitrogens is 1. The molecule has 5 rings (SSSR count). The van der Waals surface area contributed by atoms with Crippen LogP contribution in [-0.2, 0) is 14.3 Å². The smallest absolute Gasteiger partial charge is 0.279 e. The van der Waals surface area contributed by atoms with E-state index >= 15 is 0 Å². The topological polar surface area (TPSA) is 95.1 Å². The summed E-state index contributed by atoms with van der Waals surface area (Å²) >= 11 is 0. The Hall–Kier alpha value is -2.84. The van der Waals surface area contributed by atoms with Crippen LogP contribution < -0.4 is 4.74 Å². The number of carbonyl (C=O) groups is 2. The number of benzene rings is 1. The highest BCUT2D eigenvalue weighted by Gasteiger charge is 2.66. The van der Waals surface area contributed by atoms with Crippen LogP contribution in [0.1, 0.15) is 50.1 Å². The second-order valence-corrected chi connectivity index (χ2v) is 8.76. The van der Waals surface area contributed by atoms with Crippen LogP contribution in [0, 0.1) is 0 Å². The first-order chi connectivity index (χ1) is 14.8. The van der Waals surface area contributed by atoms with Crippen molar-refractivity contribution in [3.63, 3.8) is 0 Å². The summed E-state index contributed by atoms with van der Waals surface area (Å²) in [4.78, 5) is 33.5. The zero-order valence-corrected chi connectivity index (χ0v) is 18.1. The molecule has 2 amide bonds. The number of aromatic amines is 1. The van der Waals surface area contributed by atoms with Gasteiger partial charge in [0.2, 0.25) is 5.91 Å². The van der Waals surface area contributed by atoms with Gasteiger partial charge >= 0.3 is 0 Å². The summed E-state index contributed by atoms with van der Waals surface area (Å²) in [6, 6.07) is 4.44. The number of methoxy groups -OCH3 is 2. The monoisotopic (exact) mass is 425 g/mol. The van der Waals surface area contributed by atoms with Gasteiger partial charge in [-0.05, 0) is 38.8 Å². The van der Waals surface area contributed by atoms with Gasteiger partial charge in [-0.15, -0.1) is 0 Å². The molecular weight excluding hydrogens is 398 g/mol. The number of piperazine rings is 1. The van der Waals surface area contributed by atoms with Gasteiger partial charge in [-0.1, -0.05) is 11.6 Å². The molecule has 1 aromatic heterocycles. The minimum atomic E-state index is -2.12. The molecule has 0 saturated carbocycles. The summed E-state index contributed by atoms with van der Waals surface area (Å²) in [5.74, 6) is -0.0313. The number of aromatic nitrogens is 1. The van der Waals surface area contributed by atoms with Crippen LogP contribution in [-0.4, -0.2) is 64.2 Å². The lowest BCUT2D eigenvalue weighted by molar-refractivity contribution is -0.233. The lowest BCUT2D eigenvalue weighted by Gasteiger charge is -2.54. The van der Waals surface area contributed by atoms with Crippen molar-refractivity contribution in [2.24, 2.45) is 0 Å². The average molecular weight is 425 g/mol. The second kappa shape index (κ2) is 6.83. The van der Waals surface area contributed by atoms with Crippen molar-refractivity contribution >= 4 is 22.7 Å². The number of nitrogens with one attached hydrogen (secondary N) is 1. The molecule has 4 atom stereocenters. The summed E-state index contributed by atoms with van der Waals surface area (Å²) in [7, 11) is 3.06. The normalized spacial score (nSPS) is 29.6. The molecule has 2 fully saturated rings. The number of carbonyl (C=O) groups excluding carboxylic acids is 2. The zero-order chi connectivity index (χ0) is 22.1. The first-order valence-corrected chi connectivity index (χ1v) is 10.6. The number of rotatable bonds is 3. The largest absolute Gasteiger partial charge is 0.497 e. The van der Waals surface area contributed by atoms with Gasteiger partial charge in [0.15, 0.2) is 0 Å². The molecule has 3 aliphatic heterocycles. The third kappa shape index (κ3) is 2.55.